The maximum absolute atomic E-state index is 15.3. The van der Waals surface area contributed by atoms with Crippen LogP contribution in [0.4, 0.5) is 14.6 Å². The van der Waals surface area contributed by atoms with Gasteiger partial charge in [-0.3, -0.25) is 14.4 Å². The zero-order valence-corrected chi connectivity index (χ0v) is 19.3. The third-order valence-electron chi connectivity index (χ3n) is 6.21. The fourth-order valence-electron chi connectivity index (χ4n) is 4.53. The molecule has 1 N–H and O–H groups in total. The lowest BCUT2D eigenvalue weighted by atomic mass is 10.0. The Hall–Kier alpha value is -3.92. The van der Waals surface area contributed by atoms with Gasteiger partial charge in [0.25, 0.3) is 5.91 Å². The maximum atomic E-state index is 15.3. The molecule has 8 nitrogen and oxygen atoms in total. The molecule has 1 saturated heterocycles. The topological polar surface area (TPSA) is 85.2 Å². The Bertz CT molecular complexity index is 1400. The van der Waals surface area contributed by atoms with Gasteiger partial charge >= 0.3 is 0 Å². The average molecular weight is 479 g/mol. The molecule has 0 radical (unpaired) electrons. The monoisotopic (exact) mass is 478 g/mol. The quantitative estimate of drug-likeness (QED) is 0.471. The SMILES string of the molecule is COc1c(F)ccc2c(N(C(=O)c3ccc(-c4cn(C)nn4)cc3F)[C@@H]3CCCNC3)nccc12. The number of hydrogen-bond donors (Lipinski definition) is 1. The number of carbonyl (C=O) groups is 1. The van der Waals surface area contributed by atoms with Crippen molar-refractivity contribution < 1.29 is 18.3 Å². The number of benzene rings is 2. The highest BCUT2D eigenvalue weighted by atomic mass is 19.1. The smallest absolute Gasteiger partial charge is 0.262 e. The van der Waals surface area contributed by atoms with E-state index in [0.29, 0.717) is 40.8 Å². The summed E-state index contributed by atoms with van der Waals surface area (Å²) in [7, 11) is 3.11. The van der Waals surface area contributed by atoms with Gasteiger partial charge in [0.15, 0.2) is 11.6 Å². The number of carbonyl (C=O) groups excluding carboxylic acids is 1. The highest BCUT2D eigenvalue weighted by molar-refractivity contribution is 6.11. The predicted octanol–water partition coefficient (Wildman–Crippen LogP) is 3.72. The molecule has 0 saturated carbocycles. The van der Waals surface area contributed by atoms with Crippen molar-refractivity contribution in [3.63, 3.8) is 0 Å². The molecule has 4 aromatic rings. The number of ether oxygens (including phenoxy) is 1. The molecule has 180 valence electrons. The molecule has 0 aliphatic carbocycles. The van der Waals surface area contributed by atoms with Crippen molar-refractivity contribution in [2.24, 2.45) is 7.05 Å². The zero-order chi connectivity index (χ0) is 24.5. The molecule has 1 aliphatic rings. The number of hydrogen-bond acceptors (Lipinski definition) is 6. The van der Waals surface area contributed by atoms with E-state index in [2.05, 4.69) is 20.6 Å². The first kappa shape index (κ1) is 22.9. The zero-order valence-electron chi connectivity index (χ0n) is 19.3. The largest absolute Gasteiger partial charge is 0.493 e. The van der Waals surface area contributed by atoms with E-state index in [9.17, 15) is 9.18 Å². The molecular weight excluding hydrogens is 454 g/mol. The van der Waals surface area contributed by atoms with Crippen molar-refractivity contribution in [1.29, 1.82) is 0 Å². The van der Waals surface area contributed by atoms with Crippen LogP contribution >= 0.6 is 0 Å². The Morgan fingerprint density at radius 3 is 2.71 bits per heavy atom. The molecule has 0 unspecified atom stereocenters. The van der Waals surface area contributed by atoms with Crippen molar-refractivity contribution in [3.05, 3.63) is 66.0 Å². The lowest BCUT2D eigenvalue weighted by molar-refractivity contribution is 0.0968. The normalized spacial score (nSPS) is 15.8. The summed E-state index contributed by atoms with van der Waals surface area (Å²) in [5, 5.41) is 12.2. The first-order chi connectivity index (χ1) is 17.0. The average Bonchev–Trinajstić information content (AvgIpc) is 3.31. The van der Waals surface area contributed by atoms with Crippen LogP contribution in [0.5, 0.6) is 5.75 Å². The van der Waals surface area contributed by atoms with Crippen LogP contribution in [-0.4, -0.2) is 52.1 Å². The molecule has 0 spiro atoms. The number of nitrogens with zero attached hydrogens (tertiary/aromatic N) is 5. The van der Waals surface area contributed by atoms with Crippen molar-refractivity contribution in [2.75, 3.05) is 25.1 Å². The lowest BCUT2D eigenvalue weighted by Gasteiger charge is -2.34. The predicted molar refractivity (Wildman–Crippen MR) is 127 cm³/mol. The number of aromatic nitrogens is 4. The first-order valence-corrected chi connectivity index (χ1v) is 11.3. The molecule has 1 aliphatic heterocycles. The lowest BCUT2D eigenvalue weighted by Crippen LogP contribution is -2.49. The molecule has 2 aromatic heterocycles. The van der Waals surface area contributed by atoms with E-state index < -0.39 is 17.5 Å². The van der Waals surface area contributed by atoms with Crippen molar-refractivity contribution in [2.45, 2.75) is 18.9 Å². The number of nitrogens with one attached hydrogen (secondary N) is 1. The first-order valence-electron chi connectivity index (χ1n) is 11.3. The van der Waals surface area contributed by atoms with Crippen LogP contribution in [-0.2, 0) is 7.05 Å². The minimum absolute atomic E-state index is 0.0693. The summed E-state index contributed by atoms with van der Waals surface area (Å²) in [4.78, 5) is 19.9. The summed E-state index contributed by atoms with van der Waals surface area (Å²) in [5.41, 5.74) is 0.932. The number of anilines is 1. The van der Waals surface area contributed by atoms with E-state index in [0.717, 1.165) is 13.0 Å². The molecule has 0 bridgehead atoms. The summed E-state index contributed by atoms with van der Waals surface area (Å²) < 4.78 is 36.5. The second-order valence-electron chi connectivity index (χ2n) is 8.46. The summed E-state index contributed by atoms with van der Waals surface area (Å²) >= 11 is 0. The minimum Gasteiger partial charge on any atom is -0.493 e. The van der Waals surface area contributed by atoms with Crippen LogP contribution in [0.1, 0.15) is 23.2 Å². The third kappa shape index (κ3) is 4.21. The van der Waals surface area contributed by atoms with Crippen LogP contribution in [0.3, 0.4) is 0 Å². The van der Waals surface area contributed by atoms with Gasteiger partial charge in [0.05, 0.1) is 24.9 Å². The van der Waals surface area contributed by atoms with E-state index in [1.54, 1.807) is 31.4 Å². The highest BCUT2D eigenvalue weighted by Gasteiger charge is 2.32. The molecular formula is C25H24F2N6O2. The second kappa shape index (κ2) is 9.38. The van der Waals surface area contributed by atoms with Gasteiger partial charge in [-0.15, -0.1) is 5.10 Å². The van der Waals surface area contributed by atoms with E-state index >= 15 is 4.39 Å². The van der Waals surface area contributed by atoms with Gasteiger partial charge in [-0.25, -0.2) is 13.8 Å². The molecule has 2 aromatic carbocycles. The van der Waals surface area contributed by atoms with Crippen molar-refractivity contribution in [1.82, 2.24) is 25.3 Å². The number of pyridine rings is 1. The number of piperidine rings is 1. The Kier molecular flexibility index (Phi) is 6.12. The fraction of sp³-hybridized carbons (Fsp3) is 0.280. The van der Waals surface area contributed by atoms with E-state index in [4.69, 9.17) is 4.74 Å². The third-order valence-corrected chi connectivity index (χ3v) is 6.21. The van der Waals surface area contributed by atoms with Gasteiger partial charge in [-0.1, -0.05) is 11.3 Å². The Morgan fingerprint density at radius 2 is 2.03 bits per heavy atom. The fourth-order valence-corrected chi connectivity index (χ4v) is 4.53. The van der Waals surface area contributed by atoms with Gasteiger partial charge in [0, 0.05) is 36.1 Å². The molecule has 1 amide bonds. The van der Waals surface area contributed by atoms with E-state index in [-0.39, 0.29) is 17.4 Å². The summed E-state index contributed by atoms with van der Waals surface area (Å²) in [6.45, 7) is 1.36. The maximum Gasteiger partial charge on any atom is 0.262 e. The van der Waals surface area contributed by atoms with Gasteiger partial charge in [-0.2, -0.15) is 0 Å². The van der Waals surface area contributed by atoms with Gasteiger partial charge in [-0.05, 0) is 49.7 Å². The Labute approximate surface area is 200 Å². The van der Waals surface area contributed by atoms with Crippen LogP contribution in [0.15, 0.2) is 48.8 Å². The molecule has 1 atom stereocenters. The van der Waals surface area contributed by atoms with Gasteiger partial charge in [0.2, 0.25) is 0 Å². The summed E-state index contributed by atoms with van der Waals surface area (Å²) in [6, 6.07) is 8.61. The second-order valence-corrected chi connectivity index (χ2v) is 8.46. The molecule has 1 fully saturated rings. The summed E-state index contributed by atoms with van der Waals surface area (Å²) in [6.07, 6.45) is 4.74. The minimum atomic E-state index is -0.671. The number of amides is 1. The Morgan fingerprint density at radius 1 is 1.17 bits per heavy atom. The van der Waals surface area contributed by atoms with Gasteiger partial charge < -0.3 is 10.1 Å². The van der Waals surface area contributed by atoms with Gasteiger partial charge in [0.1, 0.15) is 17.3 Å². The highest BCUT2D eigenvalue weighted by Crippen LogP contribution is 2.35. The molecule has 35 heavy (non-hydrogen) atoms. The van der Waals surface area contributed by atoms with Crippen molar-refractivity contribution in [3.8, 4) is 17.0 Å². The molecule has 10 heteroatoms. The van der Waals surface area contributed by atoms with Crippen LogP contribution in [0, 0.1) is 11.6 Å². The number of methoxy groups -OCH3 is 1. The Balaban J connectivity index is 1.61. The van der Waals surface area contributed by atoms with Crippen molar-refractivity contribution >= 4 is 22.5 Å². The standard InChI is InChI=1S/C25H24F2N6O2/c1-32-14-22(30-31-32)15-5-6-19(21(27)12-15)25(34)33(16-4-3-10-28-13-16)24-18-7-8-20(26)23(35-2)17(18)9-11-29-24/h5-9,11-12,14,16,28H,3-4,10,13H2,1-2H3/t16-/m1/s1. The number of rotatable bonds is 5. The van der Waals surface area contributed by atoms with Crippen LogP contribution in [0.25, 0.3) is 22.0 Å². The summed E-state index contributed by atoms with van der Waals surface area (Å²) in [5.74, 6) is -1.31. The van der Waals surface area contributed by atoms with E-state index in [1.807, 2.05) is 0 Å². The van der Waals surface area contributed by atoms with Crippen LogP contribution < -0.4 is 15.0 Å². The number of aryl methyl sites for hydroxylation is 1. The number of fused-ring (bicyclic) bond motifs is 1. The molecule has 3 heterocycles. The molecule has 5 rings (SSSR count). The number of halogens is 2. The van der Waals surface area contributed by atoms with Crippen LogP contribution in [0.2, 0.25) is 0 Å². The van der Waals surface area contributed by atoms with E-state index in [1.165, 1.54) is 41.1 Å².